The molecule has 0 fully saturated rings. The molecular weight excluding hydrogens is 270 g/mol. The number of nitrogens with zero attached hydrogens (tertiary/aromatic N) is 2. The van der Waals surface area contributed by atoms with Gasteiger partial charge in [0.25, 0.3) is 0 Å². The lowest BCUT2D eigenvalue weighted by molar-refractivity contribution is -0.142. The molecule has 0 saturated carbocycles. The van der Waals surface area contributed by atoms with Crippen LogP contribution in [0.25, 0.3) is 0 Å². The zero-order valence-corrected chi connectivity index (χ0v) is 11.5. The van der Waals surface area contributed by atoms with E-state index in [1.54, 1.807) is 11.3 Å². The highest BCUT2D eigenvalue weighted by Gasteiger charge is 2.29. The van der Waals surface area contributed by atoms with E-state index in [1.807, 2.05) is 30.3 Å². The molecule has 0 amide bonds. The molecule has 6 heteroatoms. The van der Waals surface area contributed by atoms with Gasteiger partial charge in [0.2, 0.25) is 0 Å². The van der Waals surface area contributed by atoms with Gasteiger partial charge in [-0.3, -0.25) is 19.9 Å². The predicted molar refractivity (Wildman–Crippen MR) is 77.5 cm³/mol. The van der Waals surface area contributed by atoms with Gasteiger partial charge in [-0.2, -0.15) is 0 Å². The first-order chi connectivity index (χ1) is 10.2. The summed E-state index contributed by atoms with van der Waals surface area (Å²) in [6, 6.07) is 9.35. The monoisotopic (exact) mass is 287 g/mol. The van der Waals surface area contributed by atoms with E-state index in [0.29, 0.717) is 26.1 Å². The van der Waals surface area contributed by atoms with Crippen molar-refractivity contribution in [3.8, 4) is 0 Å². The van der Waals surface area contributed by atoms with Gasteiger partial charge in [-0.05, 0) is 5.56 Å². The molecule has 3 rings (SSSR count). The number of nitrogens with one attached hydrogen (secondary N) is 1. The fraction of sp³-hybridized carbons (Fsp3) is 0.333. The van der Waals surface area contributed by atoms with E-state index in [9.17, 15) is 4.79 Å². The molecule has 1 aromatic rings. The van der Waals surface area contributed by atoms with Gasteiger partial charge in [-0.1, -0.05) is 30.3 Å². The summed E-state index contributed by atoms with van der Waals surface area (Å²) in [5, 5.41) is 13.8. The molecule has 1 atom stereocenters. The molecule has 2 aliphatic heterocycles. The van der Waals surface area contributed by atoms with Gasteiger partial charge >= 0.3 is 5.97 Å². The second kappa shape index (κ2) is 6.07. The quantitative estimate of drug-likeness (QED) is 0.869. The molecule has 21 heavy (non-hydrogen) atoms. The molecule has 2 aliphatic rings. The first kappa shape index (κ1) is 13.8. The highest BCUT2D eigenvalue weighted by Crippen LogP contribution is 2.24. The van der Waals surface area contributed by atoms with Crippen LogP contribution in [0, 0.1) is 0 Å². The van der Waals surface area contributed by atoms with Crippen LogP contribution in [0.4, 0.5) is 0 Å². The standard InChI is InChI=1S/C15H17N3O3/c19-15(20)13-8-12-14(9-17-13)18(7-6-16-12)21-10-11-4-2-1-3-5-11/h1-6,13,17H,7-10H2,(H,19,20). The number of aliphatic imine (C=N–C) groups is 1. The summed E-state index contributed by atoms with van der Waals surface area (Å²) >= 11 is 0. The Bertz CT molecular complexity index is 583. The Morgan fingerprint density at radius 3 is 3.00 bits per heavy atom. The first-order valence-corrected chi connectivity index (χ1v) is 6.89. The Morgan fingerprint density at radius 1 is 1.43 bits per heavy atom. The molecular formula is C15H17N3O3. The number of benzene rings is 1. The minimum atomic E-state index is -0.848. The molecule has 6 nitrogen and oxygen atoms in total. The van der Waals surface area contributed by atoms with Crippen molar-refractivity contribution in [3.05, 3.63) is 47.3 Å². The van der Waals surface area contributed by atoms with E-state index in [4.69, 9.17) is 9.94 Å². The maximum absolute atomic E-state index is 11.0. The van der Waals surface area contributed by atoms with Crippen LogP contribution in [0.2, 0.25) is 0 Å². The van der Waals surface area contributed by atoms with Crippen LogP contribution in [-0.4, -0.2) is 41.5 Å². The van der Waals surface area contributed by atoms with E-state index < -0.39 is 12.0 Å². The maximum atomic E-state index is 11.0. The molecule has 0 spiro atoms. The average Bonchev–Trinajstić information content (AvgIpc) is 2.53. The normalized spacial score (nSPS) is 21.3. The summed E-state index contributed by atoms with van der Waals surface area (Å²) < 4.78 is 0. The Labute approximate surface area is 122 Å². The molecule has 0 radical (unpaired) electrons. The van der Waals surface area contributed by atoms with Crippen molar-refractivity contribution >= 4 is 12.2 Å². The fourth-order valence-electron chi connectivity index (χ4n) is 2.43. The van der Waals surface area contributed by atoms with Gasteiger partial charge in [-0.25, -0.2) is 5.06 Å². The van der Waals surface area contributed by atoms with Gasteiger partial charge in [0, 0.05) is 19.2 Å². The van der Waals surface area contributed by atoms with E-state index in [1.165, 1.54) is 0 Å². The molecule has 0 aromatic heterocycles. The largest absolute Gasteiger partial charge is 0.480 e. The SMILES string of the molecule is O=C(O)C1CC2=C(CN1)N(OCc1ccccc1)CC=N2. The van der Waals surface area contributed by atoms with Crippen molar-refractivity contribution in [2.24, 2.45) is 4.99 Å². The topological polar surface area (TPSA) is 74.2 Å². The van der Waals surface area contributed by atoms with Crippen molar-refractivity contribution < 1.29 is 14.7 Å². The van der Waals surface area contributed by atoms with Crippen LogP contribution in [0.3, 0.4) is 0 Å². The van der Waals surface area contributed by atoms with Gasteiger partial charge in [-0.15, -0.1) is 0 Å². The zero-order valence-electron chi connectivity index (χ0n) is 11.5. The lowest BCUT2D eigenvalue weighted by Gasteiger charge is -2.33. The number of hydroxylamine groups is 2. The zero-order chi connectivity index (χ0) is 14.7. The van der Waals surface area contributed by atoms with Crippen molar-refractivity contribution in [1.82, 2.24) is 10.4 Å². The smallest absolute Gasteiger partial charge is 0.321 e. The predicted octanol–water partition coefficient (Wildman–Crippen LogP) is 1.16. The molecule has 0 aliphatic carbocycles. The molecule has 110 valence electrons. The Hall–Kier alpha value is -2.18. The van der Waals surface area contributed by atoms with Crippen molar-refractivity contribution in [3.63, 3.8) is 0 Å². The average molecular weight is 287 g/mol. The second-order valence-corrected chi connectivity index (χ2v) is 5.00. The minimum absolute atomic E-state index is 0.381. The van der Waals surface area contributed by atoms with Crippen molar-refractivity contribution in [2.75, 3.05) is 13.1 Å². The van der Waals surface area contributed by atoms with Crippen LogP contribution < -0.4 is 5.32 Å². The van der Waals surface area contributed by atoms with Gasteiger partial charge in [0.15, 0.2) is 0 Å². The van der Waals surface area contributed by atoms with Crippen molar-refractivity contribution in [2.45, 2.75) is 19.1 Å². The molecule has 2 N–H and O–H groups in total. The van der Waals surface area contributed by atoms with Gasteiger partial charge < -0.3 is 5.11 Å². The number of hydrogen-bond donors (Lipinski definition) is 2. The van der Waals surface area contributed by atoms with Crippen LogP contribution in [-0.2, 0) is 16.2 Å². The maximum Gasteiger partial charge on any atom is 0.321 e. The van der Waals surface area contributed by atoms with Crippen LogP contribution in [0.15, 0.2) is 46.7 Å². The van der Waals surface area contributed by atoms with Crippen LogP contribution in [0.1, 0.15) is 12.0 Å². The number of carbonyl (C=O) groups is 1. The highest BCUT2D eigenvalue weighted by molar-refractivity contribution is 5.75. The minimum Gasteiger partial charge on any atom is -0.480 e. The van der Waals surface area contributed by atoms with Crippen LogP contribution >= 0.6 is 0 Å². The number of rotatable bonds is 4. The van der Waals surface area contributed by atoms with E-state index in [0.717, 1.165) is 17.0 Å². The van der Waals surface area contributed by atoms with E-state index >= 15 is 0 Å². The number of carboxylic acids is 1. The van der Waals surface area contributed by atoms with Gasteiger partial charge in [0.1, 0.15) is 6.04 Å². The Morgan fingerprint density at radius 2 is 2.24 bits per heavy atom. The fourth-order valence-corrected chi connectivity index (χ4v) is 2.43. The molecule has 1 unspecified atom stereocenters. The van der Waals surface area contributed by atoms with E-state index in [-0.39, 0.29) is 0 Å². The summed E-state index contributed by atoms with van der Waals surface area (Å²) in [5.41, 5.74) is 2.81. The molecule has 2 heterocycles. The molecule has 0 bridgehead atoms. The van der Waals surface area contributed by atoms with Gasteiger partial charge in [0.05, 0.1) is 24.5 Å². The third-order valence-electron chi connectivity index (χ3n) is 3.57. The highest BCUT2D eigenvalue weighted by atomic mass is 16.7. The first-order valence-electron chi connectivity index (χ1n) is 6.89. The van der Waals surface area contributed by atoms with Crippen molar-refractivity contribution in [1.29, 1.82) is 0 Å². The van der Waals surface area contributed by atoms with E-state index in [2.05, 4.69) is 10.3 Å². The Balaban J connectivity index is 1.67. The number of carboxylic acid groups (broad SMARTS) is 1. The Kier molecular flexibility index (Phi) is 3.98. The summed E-state index contributed by atoms with van der Waals surface area (Å²) in [6.07, 6.45) is 2.14. The third kappa shape index (κ3) is 3.12. The lowest BCUT2D eigenvalue weighted by atomic mass is 10.0. The summed E-state index contributed by atoms with van der Waals surface area (Å²) in [5.74, 6) is -0.848. The second-order valence-electron chi connectivity index (χ2n) is 5.00. The summed E-state index contributed by atoms with van der Waals surface area (Å²) in [6.45, 7) is 1.51. The van der Waals surface area contributed by atoms with Crippen LogP contribution in [0.5, 0.6) is 0 Å². The number of aliphatic carboxylic acids is 1. The lowest BCUT2D eigenvalue weighted by Crippen LogP contribution is -2.46. The number of hydrogen-bond acceptors (Lipinski definition) is 5. The molecule has 0 saturated heterocycles. The summed E-state index contributed by atoms with van der Waals surface area (Å²) in [7, 11) is 0. The third-order valence-corrected chi connectivity index (χ3v) is 3.57. The molecule has 1 aromatic carbocycles. The summed E-state index contributed by atoms with van der Waals surface area (Å²) in [4.78, 5) is 21.2.